The quantitative estimate of drug-likeness (QED) is 0.449. The van der Waals surface area contributed by atoms with Gasteiger partial charge in [0.2, 0.25) is 5.91 Å². The molecular formula is C14H14N4O4S. The number of azo groups is 1. The summed E-state index contributed by atoms with van der Waals surface area (Å²) in [7, 11) is -4.46. The largest absolute Gasteiger partial charge is 0.399 e. The zero-order valence-corrected chi connectivity index (χ0v) is 12.9. The van der Waals surface area contributed by atoms with Gasteiger partial charge in [0.1, 0.15) is 10.6 Å². The fraction of sp³-hybridized carbons (Fsp3) is 0.0714. The topological polar surface area (TPSA) is 134 Å². The molecule has 4 N–H and O–H groups in total. The van der Waals surface area contributed by atoms with E-state index in [2.05, 4.69) is 15.5 Å². The first-order valence-electron chi connectivity index (χ1n) is 6.42. The Kier molecular flexibility index (Phi) is 4.72. The highest BCUT2D eigenvalue weighted by atomic mass is 32.2. The maximum absolute atomic E-state index is 11.3. The second-order valence-electron chi connectivity index (χ2n) is 4.63. The van der Waals surface area contributed by atoms with Crippen molar-refractivity contribution in [1.29, 1.82) is 0 Å². The summed E-state index contributed by atoms with van der Waals surface area (Å²) in [6, 6.07) is 10.3. The van der Waals surface area contributed by atoms with Gasteiger partial charge in [0.15, 0.2) is 0 Å². The summed E-state index contributed by atoms with van der Waals surface area (Å²) < 4.78 is 31.8. The number of hydrogen-bond donors (Lipinski definition) is 3. The molecule has 1 amide bonds. The first-order valence-corrected chi connectivity index (χ1v) is 7.86. The molecule has 0 heterocycles. The molecule has 0 aliphatic heterocycles. The molecule has 0 bridgehead atoms. The van der Waals surface area contributed by atoms with Gasteiger partial charge in [-0.25, -0.2) is 0 Å². The monoisotopic (exact) mass is 334 g/mol. The summed E-state index contributed by atoms with van der Waals surface area (Å²) >= 11 is 0. The van der Waals surface area contributed by atoms with Gasteiger partial charge in [-0.3, -0.25) is 9.35 Å². The Labute approximate surface area is 132 Å². The lowest BCUT2D eigenvalue weighted by Crippen LogP contribution is -2.04. The number of rotatable bonds is 4. The van der Waals surface area contributed by atoms with Crippen molar-refractivity contribution in [1.82, 2.24) is 0 Å². The van der Waals surface area contributed by atoms with Crippen LogP contribution in [-0.4, -0.2) is 18.9 Å². The first-order chi connectivity index (χ1) is 10.8. The number of amides is 1. The summed E-state index contributed by atoms with van der Waals surface area (Å²) in [6.07, 6.45) is 0. The molecule has 2 rings (SSSR count). The van der Waals surface area contributed by atoms with Crippen LogP contribution in [0, 0.1) is 0 Å². The highest BCUT2D eigenvalue weighted by molar-refractivity contribution is 7.86. The average molecular weight is 334 g/mol. The van der Waals surface area contributed by atoms with E-state index < -0.39 is 15.0 Å². The fourth-order valence-electron chi connectivity index (χ4n) is 1.75. The van der Waals surface area contributed by atoms with Crippen molar-refractivity contribution in [3.05, 3.63) is 42.5 Å². The molecule has 0 saturated carbocycles. The van der Waals surface area contributed by atoms with Crippen LogP contribution in [-0.2, 0) is 14.9 Å². The Hall–Kier alpha value is -2.78. The predicted octanol–water partition coefficient (Wildman–Crippen LogP) is 2.89. The van der Waals surface area contributed by atoms with E-state index in [0.29, 0.717) is 11.4 Å². The predicted molar refractivity (Wildman–Crippen MR) is 85.6 cm³/mol. The van der Waals surface area contributed by atoms with E-state index in [1.54, 1.807) is 24.3 Å². The van der Waals surface area contributed by atoms with Gasteiger partial charge in [-0.1, -0.05) is 0 Å². The van der Waals surface area contributed by atoms with E-state index in [-0.39, 0.29) is 17.3 Å². The third-order valence-electron chi connectivity index (χ3n) is 2.72. The number of nitrogens with zero attached hydrogens (tertiary/aromatic N) is 2. The molecule has 8 nitrogen and oxygen atoms in total. The Balaban J connectivity index is 2.29. The van der Waals surface area contributed by atoms with E-state index in [9.17, 15) is 17.8 Å². The van der Waals surface area contributed by atoms with Gasteiger partial charge in [-0.05, 0) is 42.5 Å². The Morgan fingerprint density at radius 3 is 2.35 bits per heavy atom. The van der Waals surface area contributed by atoms with Crippen LogP contribution in [0.25, 0.3) is 0 Å². The number of nitrogen functional groups attached to an aromatic ring is 1. The minimum atomic E-state index is -4.46. The number of carbonyl (C=O) groups excluding carboxylic acids is 1. The van der Waals surface area contributed by atoms with E-state index in [1.165, 1.54) is 19.1 Å². The molecule has 0 atom stereocenters. The van der Waals surface area contributed by atoms with Crippen LogP contribution in [0.1, 0.15) is 6.92 Å². The molecule has 9 heteroatoms. The van der Waals surface area contributed by atoms with Crippen molar-refractivity contribution in [3.63, 3.8) is 0 Å². The van der Waals surface area contributed by atoms with Crippen molar-refractivity contribution in [2.24, 2.45) is 10.2 Å². The molecule has 0 saturated heterocycles. The van der Waals surface area contributed by atoms with E-state index in [0.717, 1.165) is 6.07 Å². The van der Waals surface area contributed by atoms with Crippen molar-refractivity contribution in [3.8, 4) is 0 Å². The summed E-state index contributed by atoms with van der Waals surface area (Å²) in [5.41, 5.74) is 6.69. The molecular weight excluding hydrogens is 320 g/mol. The average Bonchev–Trinajstić information content (AvgIpc) is 2.46. The SMILES string of the molecule is CC(=O)Nc1ccc(N=Nc2ccc(N)cc2S(=O)(=O)O)cc1. The summed E-state index contributed by atoms with van der Waals surface area (Å²) in [5, 5.41) is 10.3. The second-order valence-corrected chi connectivity index (χ2v) is 6.02. The number of nitrogens with two attached hydrogens (primary N) is 1. The Morgan fingerprint density at radius 2 is 1.78 bits per heavy atom. The highest BCUT2D eigenvalue weighted by Crippen LogP contribution is 2.28. The number of carbonyl (C=O) groups is 1. The lowest BCUT2D eigenvalue weighted by molar-refractivity contribution is -0.114. The van der Waals surface area contributed by atoms with Gasteiger partial charge in [-0.2, -0.15) is 13.5 Å². The maximum Gasteiger partial charge on any atom is 0.296 e. The van der Waals surface area contributed by atoms with Gasteiger partial charge in [0.05, 0.1) is 5.69 Å². The molecule has 2 aromatic carbocycles. The van der Waals surface area contributed by atoms with Crippen LogP contribution in [0.4, 0.5) is 22.7 Å². The number of nitrogens with one attached hydrogen (secondary N) is 1. The smallest absolute Gasteiger partial charge is 0.296 e. The molecule has 0 fully saturated rings. The molecule has 120 valence electrons. The number of hydrogen-bond acceptors (Lipinski definition) is 6. The standard InChI is InChI=1S/C14H14N4O4S/c1-9(19)16-11-3-5-12(6-4-11)17-18-13-7-2-10(15)8-14(13)23(20,21)22/h2-8H,15H2,1H3,(H,16,19)(H,20,21,22). The Morgan fingerprint density at radius 1 is 1.13 bits per heavy atom. The zero-order valence-electron chi connectivity index (χ0n) is 12.1. The minimum Gasteiger partial charge on any atom is -0.399 e. The molecule has 0 aliphatic carbocycles. The first kappa shape index (κ1) is 16.6. The lowest BCUT2D eigenvalue weighted by Gasteiger charge is -2.03. The molecule has 0 radical (unpaired) electrons. The van der Waals surface area contributed by atoms with E-state index >= 15 is 0 Å². The molecule has 0 aromatic heterocycles. The van der Waals surface area contributed by atoms with Crippen LogP contribution in [0.2, 0.25) is 0 Å². The van der Waals surface area contributed by atoms with Crippen molar-refractivity contribution < 1.29 is 17.8 Å². The molecule has 0 aliphatic rings. The number of anilines is 2. The van der Waals surface area contributed by atoms with Gasteiger partial charge < -0.3 is 11.1 Å². The molecule has 2 aromatic rings. The summed E-state index contributed by atoms with van der Waals surface area (Å²) in [5.74, 6) is -0.195. The van der Waals surface area contributed by atoms with Crippen molar-refractivity contribution in [2.45, 2.75) is 11.8 Å². The van der Waals surface area contributed by atoms with Crippen LogP contribution in [0.5, 0.6) is 0 Å². The molecule has 23 heavy (non-hydrogen) atoms. The molecule has 0 spiro atoms. The van der Waals surface area contributed by atoms with Crippen LogP contribution < -0.4 is 11.1 Å². The highest BCUT2D eigenvalue weighted by Gasteiger charge is 2.15. The fourth-order valence-corrected chi connectivity index (χ4v) is 2.40. The van der Waals surface area contributed by atoms with Crippen LogP contribution in [0.15, 0.2) is 57.6 Å². The van der Waals surface area contributed by atoms with E-state index in [1.807, 2.05) is 0 Å². The van der Waals surface area contributed by atoms with Gasteiger partial charge in [0, 0.05) is 18.3 Å². The Bertz CT molecular complexity index is 861. The van der Waals surface area contributed by atoms with Crippen molar-refractivity contribution >= 4 is 38.8 Å². The van der Waals surface area contributed by atoms with Gasteiger partial charge in [0.25, 0.3) is 10.1 Å². The minimum absolute atomic E-state index is 0.0346. The summed E-state index contributed by atoms with van der Waals surface area (Å²) in [6.45, 7) is 1.39. The van der Waals surface area contributed by atoms with Gasteiger partial charge in [-0.15, -0.1) is 5.11 Å². The third-order valence-corrected chi connectivity index (χ3v) is 3.61. The van der Waals surface area contributed by atoms with E-state index in [4.69, 9.17) is 5.73 Å². The van der Waals surface area contributed by atoms with Crippen molar-refractivity contribution in [2.75, 3.05) is 11.1 Å². The van der Waals surface area contributed by atoms with Crippen LogP contribution in [0.3, 0.4) is 0 Å². The molecule has 0 unspecified atom stereocenters. The van der Waals surface area contributed by atoms with Crippen LogP contribution >= 0.6 is 0 Å². The summed E-state index contributed by atoms with van der Waals surface area (Å²) in [4.78, 5) is 10.5. The zero-order chi connectivity index (χ0) is 17.0. The van der Waals surface area contributed by atoms with Gasteiger partial charge >= 0.3 is 0 Å². The lowest BCUT2D eigenvalue weighted by atomic mass is 10.3. The maximum atomic E-state index is 11.3. The third kappa shape index (κ3) is 4.59. The second kappa shape index (κ2) is 6.55. The normalized spacial score (nSPS) is 11.6. The number of benzene rings is 2.